The first-order valence-electron chi connectivity index (χ1n) is 6.07. The fourth-order valence-electron chi connectivity index (χ4n) is 2.49. The van der Waals surface area contributed by atoms with Gasteiger partial charge >= 0.3 is 0 Å². The summed E-state index contributed by atoms with van der Waals surface area (Å²) in [7, 11) is 0. The molecule has 2 heterocycles. The van der Waals surface area contributed by atoms with Crippen LogP contribution < -0.4 is 0 Å². The lowest BCUT2D eigenvalue weighted by Crippen LogP contribution is -1.73. The van der Waals surface area contributed by atoms with Crippen LogP contribution in [0.25, 0.3) is 32.2 Å². The maximum absolute atomic E-state index is 3.49. The summed E-state index contributed by atoms with van der Waals surface area (Å²) < 4.78 is 1.11. The average molecular weight is 328 g/mol. The van der Waals surface area contributed by atoms with Gasteiger partial charge in [-0.25, -0.2) is 0 Å². The molecule has 92 valence electrons. The summed E-state index contributed by atoms with van der Waals surface area (Å²) in [5, 5.41) is 4.84. The van der Waals surface area contributed by atoms with Crippen molar-refractivity contribution in [2.45, 2.75) is 0 Å². The number of halogens is 1. The minimum Gasteiger partial charge on any atom is -0.354 e. The molecule has 0 bridgehead atoms. The Morgan fingerprint density at radius 1 is 0.895 bits per heavy atom. The summed E-state index contributed by atoms with van der Waals surface area (Å²) in [5.41, 5.74) is 3.70. The summed E-state index contributed by atoms with van der Waals surface area (Å²) in [6, 6.07) is 17.0. The monoisotopic (exact) mass is 327 g/mol. The predicted molar refractivity (Wildman–Crippen MR) is 86.8 cm³/mol. The number of aromatic amines is 1. The van der Waals surface area contributed by atoms with E-state index in [1.807, 2.05) is 0 Å². The van der Waals surface area contributed by atoms with Crippen molar-refractivity contribution in [3.8, 4) is 10.4 Å². The number of fused-ring (bicyclic) bond motifs is 3. The van der Waals surface area contributed by atoms with Crippen molar-refractivity contribution in [1.82, 2.24) is 4.98 Å². The van der Waals surface area contributed by atoms with Crippen LogP contribution in [0.4, 0.5) is 0 Å². The number of aromatic nitrogens is 1. The van der Waals surface area contributed by atoms with Crippen molar-refractivity contribution in [3.05, 3.63) is 58.4 Å². The molecule has 1 nitrogen and oxygen atoms in total. The molecule has 0 atom stereocenters. The van der Waals surface area contributed by atoms with Gasteiger partial charge in [-0.2, -0.15) is 0 Å². The van der Waals surface area contributed by atoms with Gasteiger partial charge in [0.2, 0.25) is 0 Å². The smallest absolute Gasteiger partial charge is 0.0580 e. The van der Waals surface area contributed by atoms with E-state index in [0.29, 0.717) is 0 Å². The molecule has 0 radical (unpaired) electrons. The van der Waals surface area contributed by atoms with Gasteiger partial charge in [0.05, 0.1) is 5.52 Å². The number of para-hydroxylation sites is 1. The van der Waals surface area contributed by atoms with Crippen LogP contribution >= 0.6 is 27.3 Å². The number of nitrogens with one attached hydrogen (secondary N) is 1. The zero-order valence-corrected chi connectivity index (χ0v) is 12.4. The van der Waals surface area contributed by atoms with E-state index in [4.69, 9.17) is 0 Å². The third kappa shape index (κ3) is 1.73. The second-order valence-corrected chi connectivity index (χ2v) is 6.33. The average Bonchev–Trinajstić information content (AvgIpc) is 2.98. The van der Waals surface area contributed by atoms with Gasteiger partial charge in [-0.3, -0.25) is 0 Å². The Balaban J connectivity index is 2.06. The van der Waals surface area contributed by atoms with E-state index in [9.17, 15) is 0 Å². The standard InChI is InChI=1S/C16H10BrNS/c17-11-7-5-10(6-8-11)16-15-12-3-1-2-4-13(12)18-14(15)9-19-16/h1-9,18H. The zero-order valence-electron chi connectivity index (χ0n) is 9.98. The largest absolute Gasteiger partial charge is 0.354 e. The molecule has 19 heavy (non-hydrogen) atoms. The van der Waals surface area contributed by atoms with Crippen LogP contribution in [0.3, 0.4) is 0 Å². The van der Waals surface area contributed by atoms with Crippen LogP contribution in [0.5, 0.6) is 0 Å². The summed E-state index contributed by atoms with van der Waals surface area (Å²) in [4.78, 5) is 4.81. The Kier molecular flexibility index (Phi) is 2.50. The van der Waals surface area contributed by atoms with Crippen molar-refractivity contribution in [3.63, 3.8) is 0 Å². The fraction of sp³-hybridized carbons (Fsp3) is 0. The Labute approximate surface area is 123 Å². The van der Waals surface area contributed by atoms with Gasteiger partial charge in [-0.05, 0) is 23.8 Å². The normalized spacial score (nSPS) is 11.4. The van der Waals surface area contributed by atoms with Crippen LogP contribution in [-0.4, -0.2) is 4.98 Å². The molecule has 4 rings (SSSR count). The van der Waals surface area contributed by atoms with Crippen molar-refractivity contribution in [2.24, 2.45) is 0 Å². The summed E-state index contributed by atoms with van der Waals surface area (Å²) >= 11 is 5.28. The van der Waals surface area contributed by atoms with Crippen LogP contribution in [0.15, 0.2) is 58.4 Å². The lowest BCUT2D eigenvalue weighted by Gasteiger charge is -1.99. The van der Waals surface area contributed by atoms with Gasteiger partial charge in [0.1, 0.15) is 0 Å². The van der Waals surface area contributed by atoms with Gasteiger partial charge in [0.25, 0.3) is 0 Å². The van der Waals surface area contributed by atoms with E-state index >= 15 is 0 Å². The first-order chi connectivity index (χ1) is 9.33. The van der Waals surface area contributed by atoms with Crippen molar-refractivity contribution in [2.75, 3.05) is 0 Å². The minimum absolute atomic E-state index is 1.11. The third-order valence-electron chi connectivity index (χ3n) is 3.36. The minimum atomic E-state index is 1.11. The molecule has 0 aliphatic carbocycles. The Bertz CT molecular complexity index is 871. The highest BCUT2D eigenvalue weighted by Crippen LogP contribution is 2.39. The van der Waals surface area contributed by atoms with E-state index < -0.39 is 0 Å². The first-order valence-corrected chi connectivity index (χ1v) is 7.74. The molecule has 0 aliphatic rings. The molecule has 4 aromatic rings. The lowest BCUT2D eigenvalue weighted by molar-refractivity contribution is 1.56. The van der Waals surface area contributed by atoms with Crippen LogP contribution in [0.1, 0.15) is 0 Å². The zero-order chi connectivity index (χ0) is 12.8. The highest BCUT2D eigenvalue weighted by atomic mass is 79.9. The van der Waals surface area contributed by atoms with Gasteiger partial charge in [0, 0.05) is 31.0 Å². The second kappa shape index (κ2) is 4.22. The van der Waals surface area contributed by atoms with Crippen LogP contribution in [0, 0.1) is 0 Å². The second-order valence-electron chi connectivity index (χ2n) is 4.53. The Morgan fingerprint density at radius 3 is 2.53 bits per heavy atom. The SMILES string of the molecule is Brc1ccc(-c2scc3[nH]c4ccccc4c23)cc1. The van der Waals surface area contributed by atoms with Gasteiger partial charge in [-0.1, -0.05) is 46.3 Å². The molecule has 0 saturated carbocycles. The maximum atomic E-state index is 3.49. The topological polar surface area (TPSA) is 15.8 Å². The summed E-state index contributed by atoms with van der Waals surface area (Å²) in [5.74, 6) is 0. The maximum Gasteiger partial charge on any atom is 0.0580 e. The van der Waals surface area contributed by atoms with Gasteiger partial charge in [0.15, 0.2) is 0 Å². The van der Waals surface area contributed by atoms with E-state index in [1.54, 1.807) is 11.3 Å². The Hall–Kier alpha value is -1.58. The van der Waals surface area contributed by atoms with Crippen molar-refractivity contribution < 1.29 is 0 Å². The molecule has 0 unspecified atom stereocenters. The number of hydrogen-bond donors (Lipinski definition) is 1. The summed E-state index contributed by atoms with van der Waals surface area (Å²) in [6.45, 7) is 0. The van der Waals surface area contributed by atoms with Crippen LogP contribution in [0.2, 0.25) is 0 Å². The number of H-pyrrole nitrogens is 1. The van der Waals surface area contributed by atoms with Gasteiger partial charge in [-0.15, -0.1) is 11.3 Å². The van der Waals surface area contributed by atoms with Gasteiger partial charge < -0.3 is 4.98 Å². The van der Waals surface area contributed by atoms with E-state index in [-0.39, 0.29) is 0 Å². The third-order valence-corrected chi connectivity index (χ3v) is 4.92. The number of thiophene rings is 1. The van der Waals surface area contributed by atoms with Crippen molar-refractivity contribution >= 4 is 49.1 Å². The highest BCUT2D eigenvalue weighted by molar-refractivity contribution is 9.10. The molecule has 0 amide bonds. The molecule has 0 saturated heterocycles. The number of rotatable bonds is 1. The number of benzene rings is 2. The molecule has 1 N–H and O–H groups in total. The molecule has 2 aromatic carbocycles. The molecular formula is C16H10BrNS. The molecule has 0 aliphatic heterocycles. The van der Waals surface area contributed by atoms with E-state index in [2.05, 4.69) is 74.8 Å². The summed E-state index contributed by atoms with van der Waals surface area (Å²) in [6.07, 6.45) is 0. The predicted octanol–water partition coefficient (Wildman–Crippen LogP) is 5.81. The molecule has 0 fully saturated rings. The molecule has 0 spiro atoms. The fourth-order valence-corrected chi connectivity index (χ4v) is 3.77. The lowest BCUT2D eigenvalue weighted by atomic mass is 10.1. The molecule has 3 heteroatoms. The van der Waals surface area contributed by atoms with Crippen molar-refractivity contribution in [1.29, 1.82) is 0 Å². The van der Waals surface area contributed by atoms with E-state index in [0.717, 1.165) is 4.47 Å². The first kappa shape index (κ1) is 11.3. The Morgan fingerprint density at radius 2 is 1.68 bits per heavy atom. The number of hydrogen-bond acceptors (Lipinski definition) is 1. The quantitative estimate of drug-likeness (QED) is 0.454. The van der Waals surface area contributed by atoms with Crippen LogP contribution in [-0.2, 0) is 0 Å². The highest BCUT2D eigenvalue weighted by Gasteiger charge is 2.12. The molecule has 2 aromatic heterocycles. The van der Waals surface area contributed by atoms with E-state index in [1.165, 1.54) is 32.2 Å². The molecular weight excluding hydrogens is 318 g/mol.